The van der Waals surface area contributed by atoms with Crippen LogP contribution in [0.1, 0.15) is 58.0 Å². The number of H-pyrrole nitrogens is 1. The topological polar surface area (TPSA) is 110 Å². The highest BCUT2D eigenvalue weighted by molar-refractivity contribution is 6.35. The molecule has 1 aliphatic rings. The van der Waals surface area contributed by atoms with Crippen LogP contribution in [0, 0.1) is 27.7 Å². The largest absolute Gasteiger partial charge is 0.506 e. The Morgan fingerprint density at radius 3 is 2.48 bits per heavy atom. The fourth-order valence-corrected chi connectivity index (χ4v) is 4.05. The van der Waals surface area contributed by atoms with E-state index in [4.69, 9.17) is 0 Å². The van der Waals surface area contributed by atoms with Gasteiger partial charge in [0.2, 0.25) is 0 Å². The van der Waals surface area contributed by atoms with E-state index < -0.39 is 0 Å². The number of nitrogens with one attached hydrogen (secondary N) is 3. The van der Waals surface area contributed by atoms with Gasteiger partial charge in [0.15, 0.2) is 0 Å². The van der Waals surface area contributed by atoms with Gasteiger partial charge in [-0.1, -0.05) is 13.8 Å². The van der Waals surface area contributed by atoms with Gasteiger partial charge in [0.05, 0.1) is 16.8 Å². The summed E-state index contributed by atoms with van der Waals surface area (Å²) in [7, 11) is 0. The molecule has 166 valence electrons. The van der Waals surface area contributed by atoms with Gasteiger partial charge in [-0.05, 0) is 52.4 Å². The van der Waals surface area contributed by atoms with E-state index in [-0.39, 0.29) is 17.6 Å². The number of likely N-dealkylation sites (N-methyl/N-ethyl adjacent to an activating group) is 1. The Labute approximate surface area is 182 Å². The summed E-state index contributed by atoms with van der Waals surface area (Å²) in [4.78, 5) is 35.2. The third-order valence-corrected chi connectivity index (χ3v) is 5.94. The van der Waals surface area contributed by atoms with Crippen molar-refractivity contribution in [3.63, 3.8) is 0 Å². The van der Waals surface area contributed by atoms with E-state index in [2.05, 4.69) is 39.3 Å². The number of hydrogen-bond donors (Lipinski definition) is 4. The van der Waals surface area contributed by atoms with Crippen LogP contribution >= 0.6 is 0 Å². The molecular formula is C23H31N5O3. The van der Waals surface area contributed by atoms with Crippen LogP contribution < -0.4 is 10.6 Å². The molecule has 4 N–H and O–H groups in total. The zero-order valence-electron chi connectivity index (χ0n) is 19.1. The van der Waals surface area contributed by atoms with Crippen molar-refractivity contribution < 1.29 is 14.7 Å². The number of pyridine rings is 1. The summed E-state index contributed by atoms with van der Waals surface area (Å²) in [5.41, 5.74) is 4.85. The first-order valence-electron chi connectivity index (χ1n) is 10.6. The minimum atomic E-state index is -0.285. The first-order valence-corrected chi connectivity index (χ1v) is 10.6. The molecule has 0 radical (unpaired) electrons. The van der Waals surface area contributed by atoms with E-state index in [1.165, 1.54) is 0 Å². The number of hydrogen-bond acceptors (Lipinski definition) is 5. The standard InChI is InChI=1S/C23H31N5O3/c1-7-28(8-2)10-9-24-23(31)18-12(3)17(25-14(18)5)11-16-19-13(4)20(29)15(6)26-21(19)27-22(16)30/h11,25,29H,7-10H2,1-6H3,(H,24,31)(H,26,27,30)/b16-11-. The predicted octanol–water partition coefficient (Wildman–Crippen LogP) is 2.91. The monoisotopic (exact) mass is 425 g/mol. The van der Waals surface area contributed by atoms with Gasteiger partial charge in [0.1, 0.15) is 11.6 Å². The van der Waals surface area contributed by atoms with Crippen molar-refractivity contribution in [3.8, 4) is 5.75 Å². The molecule has 0 unspecified atom stereocenters. The lowest BCUT2D eigenvalue weighted by molar-refractivity contribution is -0.110. The number of rotatable bonds is 7. The number of carbonyl (C=O) groups excluding carboxylic acids is 2. The molecule has 0 fully saturated rings. The zero-order chi connectivity index (χ0) is 22.9. The second-order valence-corrected chi connectivity index (χ2v) is 7.85. The summed E-state index contributed by atoms with van der Waals surface area (Å²) in [6.45, 7) is 14.6. The number of carbonyl (C=O) groups is 2. The Balaban J connectivity index is 1.90. The average molecular weight is 426 g/mol. The molecule has 0 bridgehead atoms. The van der Waals surface area contributed by atoms with Crippen molar-refractivity contribution in [2.45, 2.75) is 41.5 Å². The predicted molar refractivity (Wildman–Crippen MR) is 122 cm³/mol. The first kappa shape index (κ1) is 22.6. The van der Waals surface area contributed by atoms with Crippen molar-refractivity contribution >= 4 is 29.3 Å². The number of fused-ring (bicyclic) bond motifs is 1. The fraction of sp³-hybridized carbons (Fsp3) is 0.435. The third kappa shape index (κ3) is 4.20. The molecule has 0 aromatic carbocycles. The number of nitrogens with zero attached hydrogens (tertiary/aromatic N) is 2. The van der Waals surface area contributed by atoms with Crippen LogP contribution in [0.4, 0.5) is 5.82 Å². The lowest BCUT2D eigenvalue weighted by Gasteiger charge is -2.18. The van der Waals surface area contributed by atoms with Gasteiger partial charge in [-0.3, -0.25) is 9.59 Å². The van der Waals surface area contributed by atoms with Crippen molar-refractivity contribution in [2.75, 3.05) is 31.5 Å². The van der Waals surface area contributed by atoms with E-state index in [0.717, 1.165) is 30.9 Å². The van der Waals surface area contributed by atoms with Gasteiger partial charge < -0.3 is 25.6 Å². The second-order valence-electron chi connectivity index (χ2n) is 7.85. The zero-order valence-corrected chi connectivity index (χ0v) is 19.1. The molecule has 8 heteroatoms. The molecule has 0 atom stereocenters. The molecule has 31 heavy (non-hydrogen) atoms. The molecule has 0 spiro atoms. The number of anilines is 1. The summed E-state index contributed by atoms with van der Waals surface area (Å²) >= 11 is 0. The second kappa shape index (κ2) is 8.93. The van der Waals surface area contributed by atoms with Gasteiger partial charge in [-0.25, -0.2) is 4.98 Å². The maximum Gasteiger partial charge on any atom is 0.257 e. The molecule has 3 heterocycles. The quantitative estimate of drug-likeness (QED) is 0.510. The number of aromatic hydroxyl groups is 1. The highest BCUT2D eigenvalue weighted by Crippen LogP contribution is 2.39. The molecule has 8 nitrogen and oxygen atoms in total. The summed E-state index contributed by atoms with van der Waals surface area (Å²) in [5, 5.41) is 16.0. The molecular weight excluding hydrogens is 394 g/mol. The Morgan fingerprint density at radius 1 is 1.16 bits per heavy atom. The maximum absolute atomic E-state index is 12.8. The van der Waals surface area contributed by atoms with Crippen molar-refractivity contribution in [2.24, 2.45) is 0 Å². The molecule has 2 amide bonds. The summed E-state index contributed by atoms with van der Waals surface area (Å²) < 4.78 is 0. The SMILES string of the molecule is CCN(CC)CCNC(=O)c1c(C)[nH]c(/C=C2\C(=O)Nc3nc(C)c(O)c(C)c32)c1C. The number of aromatic amines is 1. The van der Waals surface area contributed by atoms with Crippen LogP contribution in [-0.2, 0) is 4.79 Å². The van der Waals surface area contributed by atoms with Crippen LogP contribution in [0.3, 0.4) is 0 Å². The molecule has 1 aliphatic heterocycles. The van der Waals surface area contributed by atoms with Crippen LogP contribution in [0.5, 0.6) is 5.75 Å². The van der Waals surface area contributed by atoms with Crippen molar-refractivity contribution in [3.05, 3.63) is 39.3 Å². The molecule has 2 aromatic heterocycles. The smallest absolute Gasteiger partial charge is 0.257 e. The molecule has 0 aliphatic carbocycles. The minimum absolute atomic E-state index is 0.0776. The summed E-state index contributed by atoms with van der Waals surface area (Å²) in [5.74, 6) is 0.103. The van der Waals surface area contributed by atoms with Gasteiger partial charge in [0.25, 0.3) is 11.8 Å². The van der Waals surface area contributed by atoms with E-state index in [1.54, 1.807) is 19.9 Å². The molecule has 0 saturated carbocycles. The Kier molecular flexibility index (Phi) is 6.50. The summed E-state index contributed by atoms with van der Waals surface area (Å²) in [6, 6.07) is 0. The van der Waals surface area contributed by atoms with Crippen molar-refractivity contribution in [1.29, 1.82) is 0 Å². The van der Waals surface area contributed by atoms with Gasteiger partial charge in [-0.15, -0.1) is 0 Å². The number of aryl methyl sites for hydroxylation is 2. The highest BCUT2D eigenvalue weighted by atomic mass is 16.3. The summed E-state index contributed by atoms with van der Waals surface area (Å²) in [6.07, 6.45) is 1.72. The lowest BCUT2D eigenvalue weighted by atomic mass is 10.00. The third-order valence-electron chi connectivity index (χ3n) is 5.94. The van der Waals surface area contributed by atoms with E-state index in [0.29, 0.717) is 46.0 Å². The molecule has 2 aromatic rings. The molecule has 3 rings (SSSR count). The highest BCUT2D eigenvalue weighted by Gasteiger charge is 2.30. The normalized spacial score (nSPS) is 14.3. The number of amides is 2. The van der Waals surface area contributed by atoms with Crippen LogP contribution in [-0.4, -0.2) is 58.0 Å². The average Bonchev–Trinajstić information content (AvgIpc) is 3.18. The van der Waals surface area contributed by atoms with E-state index >= 15 is 0 Å². The first-order chi connectivity index (χ1) is 14.7. The van der Waals surface area contributed by atoms with Crippen LogP contribution in [0.2, 0.25) is 0 Å². The Hall–Kier alpha value is -3.13. The number of aromatic nitrogens is 2. The van der Waals surface area contributed by atoms with Gasteiger partial charge in [-0.2, -0.15) is 0 Å². The molecule has 0 saturated heterocycles. The Bertz CT molecular complexity index is 1060. The van der Waals surface area contributed by atoms with E-state index in [9.17, 15) is 14.7 Å². The van der Waals surface area contributed by atoms with Gasteiger partial charge >= 0.3 is 0 Å². The van der Waals surface area contributed by atoms with Crippen LogP contribution in [0.25, 0.3) is 11.6 Å². The van der Waals surface area contributed by atoms with Gasteiger partial charge in [0, 0.05) is 35.6 Å². The minimum Gasteiger partial charge on any atom is -0.506 e. The fourth-order valence-electron chi connectivity index (χ4n) is 4.05. The van der Waals surface area contributed by atoms with Crippen molar-refractivity contribution in [1.82, 2.24) is 20.2 Å². The Morgan fingerprint density at radius 2 is 1.84 bits per heavy atom. The lowest BCUT2D eigenvalue weighted by Crippen LogP contribution is -2.35. The van der Waals surface area contributed by atoms with Crippen LogP contribution in [0.15, 0.2) is 0 Å². The van der Waals surface area contributed by atoms with E-state index in [1.807, 2.05) is 13.8 Å². The maximum atomic E-state index is 12.8.